The van der Waals surface area contributed by atoms with Crippen molar-refractivity contribution in [1.82, 2.24) is 20.3 Å². The van der Waals surface area contributed by atoms with Gasteiger partial charge in [0, 0.05) is 0 Å². The fourth-order valence-electron chi connectivity index (χ4n) is 2.05. The van der Waals surface area contributed by atoms with Gasteiger partial charge in [0.2, 0.25) is 0 Å². The second kappa shape index (κ2) is 6.64. The Balaban J connectivity index is 1.78. The number of rotatable bonds is 5. The summed E-state index contributed by atoms with van der Waals surface area (Å²) in [6.45, 7) is -0.294. The molecular formula is C15H13ClN4O3. The van der Waals surface area contributed by atoms with Crippen molar-refractivity contribution < 1.29 is 14.3 Å². The summed E-state index contributed by atoms with van der Waals surface area (Å²) in [7, 11) is 0. The molecule has 1 atom stereocenters. The van der Waals surface area contributed by atoms with Crippen LogP contribution in [0.2, 0.25) is 5.02 Å². The van der Waals surface area contributed by atoms with E-state index in [1.54, 1.807) is 36.4 Å². The lowest BCUT2D eigenvalue weighted by Crippen LogP contribution is -2.30. The van der Waals surface area contributed by atoms with Crippen LogP contribution in [0.1, 0.15) is 22.3 Å². The summed E-state index contributed by atoms with van der Waals surface area (Å²) in [6.07, 6.45) is 2.94. The molecule has 3 rings (SSSR count). The van der Waals surface area contributed by atoms with Crippen molar-refractivity contribution in [2.45, 2.75) is 6.04 Å². The van der Waals surface area contributed by atoms with Gasteiger partial charge in [-0.2, -0.15) is 0 Å². The van der Waals surface area contributed by atoms with Gasteiger partial charge in [-0.05, 0) is 24.3 Å². The maximum Gasteiger partial charge on any atom is 0.274 e. The number of para-hydroxylation sites is 1. The van der Waals surface area contributed by atoms with Crippen molar-refractivity contribution in [2.24, 2.45) is 0 Å². The minimum absolute atomic E-state index is 0.106. The number of hydrogen-bond donors (Lipinski definition) is 2. The van der Waals surface area contributed by atoms with Crippen molar-refractivity contribution in [3.05, 3.63) is 65.3 Å². The smallest absolute Gasteiger partial charge is 0.274 e. The van der Waals surface area contributed by atoms with Gasteiger partial charge >= 0.3 is 0 Å². The zero-order valence-electron chi connectivity index (χ0n) is 11.9. The van der Waals surface area contributed by atoms with E-state index in [4.69, 9.17) is 16.0 Å². The summed E-state index contributed by atoms with van der Waals surface area (Å²) >= 11 is 6.09. The summed E-state index contributed by atoms with van der Waals surface area (Å²) < 4.78 is 6.59. The first-order chi connectivity index (χ1) is 11.2. The number of benzene rings is 1. The minimum Gasteiger partial charge on any atom is -0.467 e. The highest BCUT2D eigenvalue weighted by Gasteiger charge is 2.19. The van der Waals surface area contributed by atoms with Gasteiger partial charge in [0.25, 0.3) is 5.91 Å². The molecule has 1 unspecified atom stereocenters. The summed E-state index contributed by atoms with van der Waals surface area (Å²) in [5.74, 6) is -0.0156. The monoisotopic (exact) mass is 332 g/mol. The zero-order valence-corrected chi connectivity index (χ0v) is 12.6. The lowest BCUT2D eigenvalue weighted by atomic mass is 10.2. The summed E-state index contributed by atoms with van der Waals surface area (Å²) in [5, 5.41) is 20.2. The third kappa shape index (κ3) is 3.25. The maximum atomic E-state index is 12.2. The molecule has 3 aromatic rings. The molecule has 0 saturated heterocycles. The van der Waals surface area contributed by atoms with Crippen molar-refractivity contribution >= 4 is 17.5 Å². The third-order valence-corrected chi connectivity index (χ3v) is 3.52. The Morgan fingerprint density at radius 3 is 2.87 bits per heavy atom. The van der Waals surface area contributed by atoms with Crippen LogP contribution < -0.4 is 5.32 Å². The van der Waals surface area contributed by atoms with Crippen molar-refractivity contribution in [3.8, 4) is 5.69 Å². The second-order valence-corrected chi connectivity index (χ2v) is 5.13. The van der Waals surface area contributed by atoms with Crippen LogP contribution in [-0.2, 0) is 0 Å². The van der Waals surface area contributed by atoms with Gasteiger partial charge < -0.3 is 14.8 Å². The van der Waals surface area contributed by atoms with E-state index < -0.39 is 11.9 Å². The van der Waals surface area contributed by atoms with Crippen molar-refractivity contribution in [1.29, 1.82) is 0 Å². The Labute approximate surface area is 136 Å². The number of amides is 1. The van der Waals surface area contributed by atoms with E-state index in [9.17, 15) is 9.90 Å². The SMILES string of the molecule is O=C(NC(CO)c1ccco1)c1cn(-c2ccccc2Cl)nn1. The molecule has 0 fully saturated rings. The number of nitrogens with zero attached hydrogens (tertiary/aromatic N) is 3. The molecule has 0 aliphatic rings. The number of carbonyl (C=O) groups is 1. The molecule has 8 heteroatoms. The molecule has 0 aliphatic heterocycles. The molecule has 1 amide bonds. The molecule has 2 heterocycles. The van der Waals surface area contributed by atoms with Gasteiger partial charge in [-0.15, -0.1) is 5.10 Å². The van der Waals surface area contributed by atoms with Crippen LogP contribution >= 0.6 is 11.6 Å². The lowest BCUT2D eigenvalue weighted by Gasteiger charge is -2.12. The molecule has 0 bridgehead atoms. The van der Waals surface area contributed by atoms with E-state index in [0.29, 0.717) is 16.5 Å². The number of aromatic nitrogens is 3. The topological polar surface area (TPSA) is 93.2 Å². The number of halogens is 1. The molecule has 0 spiro atoms. The molecule has 0 aliphatic carbocycles. The maximum absolute atomic E-state index is 12.2. The highest BCUT2D eigenvalue weighted by atomic mass is 35.5. The van der Waals surface area contributed by atoms with Crippen LogP contribution in [0.25, 0.3) is 5.69 Å². The minimum atomic E-state index is -0.650. The molecule has 1 aromatic carbocycles. The van der Waals surface area contributed by atoms with E-state index in [-0.39, 0.29) is 12.3 Å². The Morgan fingerprint density at radius 1 is 1.35 bits per heavy atom. The quantitative estimate of drug-likeness (QED) is 0.745. The second-order valence-electron chi connectivity index (χ2n) is 4.72. The van der Waals surface area contributed by atoms with E-state index in [2.05, 4.69) is 15.6 Å². The van der Waals surface area contributed by atoms with Crippen LogP contribution in [0.15, 0.2) is 53.3 Å². The number of aliphatic hydroxyl groups excluding tert-OH is 1. The van der Waals surface area contributed by atoms with Gasteiger partial charge in [-0.25, -0.2) is 4.68 Å². The van der Waals surface area contributed by atoms with Crippen LogP contribution in [0, 0.1) is 0 Å². The van der Waals surface area contributed by atoms with E-state index in [0.717, 1.165) is 0 Å². The molecule has 7 nitrogen and oxygen atoms in total. The van der Waals surface area contributed by atoms with Gasteiger partial charge in [-0.1, -0.05) is 28.9 Å². The fraction of sp³-hybridized carbons (Fsp3) is 0.133. The molecule has 0 saturated carbocycles. The van der Waals surface area contributed by atoms with Gasteiger partial charge in [0.05, 0.1) is 29.8 Å². The van der Waals surface area contributed by atoms with Crippen LogP contribution in [-0.4, -0.2) is 32.6 Å². The third-order valence-electron chi connectivity index (χ3n) is 3.20. The van der Waals surface area contributed by atoms with Gasteiger partial charge in [0.1, 0.15) is 11.8 Å². The van der Waals surface area contributed by atoms with Crippen LogP contribution in [0.3, 0.4) is 0 Å². The largest absolute Gasteiger partial charge is 0.467 e. The highest BCUT2D eigenvalue weighted by molar-refractivity contribution is 6.32. The number of hydrogen-bond acceptors (Lipinski definition) is 5. The van der Waals surface area contributed by atoms with Gasteiger partial charge in [0.15, 0.2) is 5.69 Å². The molecule has 2 aromatic heterocycles. The average Bonchev–Trinajstić information content (AvgIpc) is 3.24. The average molecular weight is 333 g/mol. The Kier molecular flexibility index (Phi) is 4.40. The Hall–Kier alpha value is -2.64. The summed E-state index contributed by atoms with van der Waals surface area (Å²) in [4.78, 5) is 12.2. The number of nitrogens with one attached hydrogen (secondary N) is 1. The van der Waals surface area contributed by atoms with Crippen LogP contribution in [0.5, 0.6) is 0 Å². The van der Waals surface area contributed by atoms with E-state index in [1.807, 2.05) is 0 Å². The Morgan fingerprint density at radius 2 is 2.17 bits per heavy atom. The first-order valence-electron chi connectivity index (χ1n) is 6.81. The van der Waals surface area contributed by atoms with Crippen molar-refractivity contribution in [3.63, 3.8) is 0 Å². The molecular weight excluding hydrogens is 320 g/mol. The van der Waals surface area contributed by atoms with Crippen molar-refractivity contribution in [2.75, 3.05) is 6.61 Å². The molecule has 2 N–H and O–H groups in total. The lowest BCUT2D eigenvalue weighted by molar-refractivity contribution is 0.0902. The van der Waals surface area contributed by atoms with E-state index in [1.165, 1.54) is 17.1 Å². The number of carbonyl (C=O) groups excluding carboxylic acids is 1. The number of aliphatic hydroxyl groups is 1. The zero-order chi connectivity index (χ0) is 16.2. The van der Waals surface area contributed by atoms with E-state index >= 15 is 0 Å². The molecule has 23 heavy (non-hydrogen) atoms. The molecule has 0 radical (unpaired) electrons. The molecule has 118 valence electrons. The number of furan rings is 1. The fourth-order valence-corrected chi connectivity index (χ4v) is 2.27. The first kappa shape index (κ1) is 15.3. The first-order valence-corrected chi connectivity index (χ1v) is 7.19. The predicted octanol–water partition coefficient (Wildman–Crippen LogP) is 1.98. The highest BCUT2D eigenvalue weighted by Crippen LogP contribution is 2.19. The predicted molar refractivity (Wildman–Crippen MR) is 82.4 cm³/mol. The Bertz CT molecular complexity index is 801. The summed E-state index contributed by atoms with van der Waals surface area (Å²) in [5.41, 5.74) is 0.723. The van der Waals surface area contributed by atoms with Gasteiger partial charge in [-0.3, -0.25) is 4.79 Å². The standard InChI is InChI=1S/C15H13ClN4O3/c16-10-4-1-2-5-13(10)20-8-11(18-19-20)15(22)17-12(9-21)14-6-3-7-23-14/h1-8,12,21H,9H2,(H,17,22). The summed E-state index contributed by atoms with van der Waals surface area (Å²) in [6, 6.07) is 9.78. The van der Waals surface area contributed by atoms with Crippen LogP contribution in [0.4, 0.5) is 0 Å². The normalized spacial score (nSPS) is 12.1.